The van der Waals surface area contributed by atoms with Crippen molar-refractivity contribution in [2.75, 3.05) is 0 Å². The van der Waals surface area contributed by atoms with Crippen molar-refractivity contribution in [3.8, 4) is 0 Å². The first-order chi connectivity index (χ1) is 9.28. The summed E-state index contributed by atoms with van der Waals surface area (Å²) in [5, 5.41) is 0. The standard InChI is InChI=1S/C17H22BrFO/c1-11-4-5-15(16(20)6-11)17(2,3)10-12-7-13(18)9-14(19)8-12/h7-9,11,15H,4-6,10H2,1-3H3. The number of rotatable bonds is 3. The van der Waals surface area contributed by atoms with Gasteiger partial charge in [0, 0.05) is 16.8 Å². The van der Waals surface area contributed by atoms with Gasteiger partial charge in [-0.2, -0.15) is 0 Å². The Balaban J connectivity index is 2.15. The third-order valence-corrected chi connectivity index (χ3v) is 4.87. The van der Waals surface area contributed by atoms with Gasteiger partial charge in [-0.3, -0.25) is 4.79 Å². The van der Waals surface area contributed by atoms with Gasteiger partial charge >= 0.3 is 0 Å². The lowest BCUT2D eigenvalue weighted by molar-refractivity contribution is -0.129. The fourth-order valence-corrected chi connectivity index (χ4v) is 3.90. The number of carbonyl (C=O) groups is 1. The summed E-state index contributed by atoms with van der Waals surface area (Å²) in [5.41, 5.74) is 0.832. The lowest BCUT2D eigenvalue weighted by Crippen LogP contribution is -2.36. The average molecular weight is 341 g/mol. The van der Waals surface area contributed by atoms with Gasteiger partial charge in [0.2, 0.25) is 0 Å². The molecule has 1 fully saturated rings. The number of halogens is 2. The molecular formula is C17H22BrFO. The highest BCUT2D eigenvalue weighted by Crippen LogP contribution is 2.40. The molecule has 2 atom stereocenters. The van der Waals surface area contributed by atoms with Crippen molar-refractivity contribution in [2.45, 2.75) is 46.5 Å². The zero-order valence-electron chi connectivity index (χ0n) is 12.4. The van der Waals surface area contributed by atoms with Gasteiger partial charge in [0.1, 0.15) is 11.6 Å². The summed E-state index contributed by atoms with van der Waals surface area (Å²) in [5.74, 6) is 0.761. The molecule has 1 aromatic carbocycles. The Labute approximate surface area is 129 Å². The molecule has 0 amide bonds. The molecule has 110 valence electrons. The summed E-state index contributed by atoms with van der Waals surface area (Å²) < 4.78 is 14.2. The summed E-state index contributed by atoms with van der Waals surface area (Å²) in [6.07, 6.45) is 3.51. The van der Waals surface area contributed by atoms with E-state index in [2.05, 4.69) is 36.7 Å². The van der Waals surface area contributed by atoms with Crippen LogP contribution in [0.5, 0.6) is 0 Å². The highest BCUT2D eigenvalue weighted by Gasteiger charge is 2.38. The van der Waals surface area contributed by atoms with Gasteiger partial charge < -0.3 is 0 Å². The van der Waals surface area contributed by atoms with Crippen LogP contribution in [0.25, 0.3) is 0 Å². The largest absolute Gasteiger partial charge is 0.299 e. The van der Waals surface area contributed by atoms with E-state index in [0.29, 0.717) is 18.1 Å². The second kappa shape index (κ2) is 5.97. The number of hydrogen-bond donors (Lipinski definition) is 0. The van der Waals surface area contributed by atoms with Crippen molar-refractivity contribution < 1.29 is 9.18 Å². The zero-order valence-corrected chi connectivity index (χ0v) is 14.0. The second-order valence-corrected chi connectivity index (χ2v) is 7.76. The normalized spacial score (nSPS) is 23.9. The number of Topliss-reactive ketones (excluding diaryl/α,β-unsaturated/α-hetero) is 1. The predicted octanol–water partition coefficient (Wildman–Crippen LogP) is 5.16. The van der Waals surface area contributed by atoms with Gasteiger partial charge in [-0.15, -0.1) is 0 Å². The molecule has 0 aliphatic heterocycles. The average Bonchev–Trinajstić information content (AvgIpc) is 2.25. The van der Waals surface area contributed by atoms with E-state index in [4.69, 9.17) is 0 Å². The molecule has 3 heteroatoms. The van der Waals surface area contributed by atoms with Crippen molar-refractivity contribution in [3.05, 3.63) is 34.1 Å². The highest BCUT2D eigenvalue weighted by atomic mass is 79.9. The lowest BCUT2D eigenvalue weighted by Gasteiger charge is -2.37. The van der Waals surface area contributed by atoms with Gasteiger partial charge in [0.05, 0.1) is 0 Å². The summed E-state index contributed by atoms with van der Waals surface area (Å²) in [4.78, 5) is 12.3. The van der Waals surface area contributed by atoms with E-state index >= 15 is 0 Å². The van der Waals surface area contributed by atoms with Crippen molar-refractivity contribution in [2.24, 2.45) is 17.3 Å². The van der Waals surface area contributed by atoms with Crippen LogP contribution in [0.15, 0.2) is 22.7 Å². The molecule has 0 aromatic heterocycles. The van der Waals surface area contributed by atoms with E-state index < -0.39 is 0 Å². The predicted molar refractivity (Wildman–Crippen MR) is 83.1 cm³/mol. The minimum atomic E-state index is -0.228. The fraction of sp³-hybridized carbons (Fsp3) is 0.588. The van der Waals surface area contributed by atoms with Crippen LogP contribution in [-0.2, 0) is 11.2 Å². The van der Waals surface area contributed by atoms with Crippen LogP contribution in [0, 0.1) is 23.1 Å². The Morgan fingerprint density at radius 2 is 2.00 bits per heavy atom. The molecule has 0 spiro atoms. The Morgan fingerprint density at radius 3 is 2.60 bits per heavy atom. The molecular weight excluding hydrogens is 319 g/mol. The maximum absolute atomic E-state index is 13.5. The van der Waals surface area contributed by atoms with Crippen LogP contribution in [0.4, 0.5) is 4.39 Å². The summed E-state index contributed by atoms with van der Waals surface area (Å²) in [7, 11) is 0. The van der Waals surface area contributed by atoms with Crippen LogP contribution in [0.3, 0.4) is 0 Å². The van der Waals surface area contributed by atoms with Crippen LogP contribution in [-0.4, -0.2) is 5.78 Å². The van der Waals surface area contributed by atoms with Crippen molar-refractivity contribution in [1.29, 1.82) is 0 Å². The van der Waals surface area contributed by atoms with E-state index in [1.165, 1.54) is 6.07 Å². The smallest absolute Gasteiger partial charge is 0.136 e. The van der Waals surface area contributed by atoms with Gasteiger partial charge in [-0.1, -0.05) is 36.7 Å². The van der Waals surface area contributed by atoms with Gasteiger partial charge in [-0.05, 0) is 54.4 Å². The van der Waals surface area contributed by atoms with Gasteiger partial charge in [0.15, 0.2) is 0 Å². The lowest BCUT2D eigenvalue weighted by atomic mass is 9.66. The second-order valence-electron chi connectivity index (χ2n) is 6.85. The van der Waals surface area contributed by atoms with E-state index in [1.807, 2.05) is 6.07 Å². The molecule has 0 heterocycles. The highest BCUT2D eigenvalue weighted by molar-refractivity contribution is 9.10. The molecule has 1 saturated carbocycles. The number of carbonyl (C=O) groups excluding carboxylic acids is 1. The quantitative estimate of drug-likeness (QED) is 0.742. The third-order valence-electron chi connectivity index (χ3n) is 4.41. The molecule has 1 aromatic rings. The number of benzene rings is 1. The third kappa shape index (κ3) is 3.69. The van der Waals surface area contributed by atoms with Crippen molar-refractivity contribution in [1.82, 2.24) is 0 Å². The van der Waals surface area contributed by atoms with E-state index in [0.717, 1.165) is 29.3 Å². The molecule has 1 aliphatic carbocycles. The summed E-state index contributed by atoms with van der Waals surface area (Å²) >= 11 is 3.33. The summed E-state index contributed by atoms with van der Waals surface area (Å²) in [6.45, 7) is 6.40. The Morgan fingerprint density at radius 1 is 1.30 bits per heavy atom. The number of ketones is 1. The SMILES string of the molecule is CC1CCC(C(C)(C)Cc2cc(F)cc(Br)c2)C(=O)C1. The van der Waals surface area contributed by atoms with Crippen LogP contribution >= 0.6 is 15.9 Å². The van der Waals surface area contributed by atoms with E-state index in [-0.39, 0.29) is 17.2 Å². The van der Waals surface area contributed by atoms with E-state index in [1.54, 1.807) is 6.07 Å². The Bertz CT molecular complexity index is 489. The van der Waals surface area contributed by atoms with Crippen LogP contribution < -0.4 is 0 Å². The van der Waals surface area contributed by atoms with Crippen LogP contribution in [0.2, 0.25) is 0 Å². The molecule has 2 rings (SSSR count). The van der Waals surface area contributed by atoms with E-state index in [9.17, 15) is 9.18 Å². The zero-order chi connectivity index (χ0) is 14.9. The first kappa shape index (κ1) is 15.7. The maximum Gasteiger partial charge on any atom is 0.136 e. The maximum atomic E-state index is 13.5. The Kier molecular flexibility index (Phi) is 4.68. The van der Waals surface area contributed by atoms with Crippen LogP contribution in [0.1, 0.15) is 45.6 Å². The van der Waals surface area contributed by atoms with Crippen molar-refractivity contribution >= 4 is 21.7 Å². The molecule has 0 radical (unpaired) electrons. The summed E-state index contributed by atoms with van der Waals surface area (Å²) in [6, 6.07) is 4.98. The molecule has 1 nitrogen and oxygen atoms in total. The molecule has 1 aliphatic rings. The van der Waals surface area contributed by atoms with Gasteiger partial charge in [0.25, 0.3) is 0 Å². The first-order valence-electron chi connectivity index (χ1n) is 7.25. The first-order valence-corrected chi connectivity index (χ1v) is 8.05. The molecule has 0 N–H and O–H groups in total. The Hall–Kier alpha value is -0.700. The molecule has 0 saturated heterocycles. The monoisotopic (exact) mass is 340 g/mol. The topological polar surface area (TPSA) is 17.1 Å². The molecule has 20 heavy (non-hydrogen) atoms. The molecule has 2 unspecified atom stereocenters. The van der Waals surface area contributed by atoms with Crippen molar-refractivity contribution in [3.63, 3.8) is 0 Å². The number of hydrogen-bond acceptors (Lipinski definition) is 1. The fourth-order valence-electron chi connectivity index (χ4n) is 3.39. The minimum absolute atomic E-state index is 0.0979. The minimum Gasteiger partial charge on any atom is -0.299 e. The molecule has 0 bridgehead atoms. The van der Waals surface area contributed by atoms with Gasteiger partial charge in [-0.25, -0.2) is 4.39 Å².